The molecule has 110 valence electrons. The van der Waals surface area contributed by atoms with Crippen molar-refractivity contribution in [2.75, 3.05) is 5.75 Å². The molecule has 0 amide bonds. The molecule has 3 aromatic rings. The molecule has 1 aromatic heterocycles. The van der Waals surface area contributed by atoms with E-state index in [1.807, 2.05) is 6.07 Å². The summed E-state index contributed by atoms with van der Waals surface area (Å²) in [6.07, 6.45) is 3.19. The monoisotopic (exact) mass is 308 g/mol. The number of imidazole rings is 1. The van der Waals surface area contributed by atoms with E-state index in [9.17, 15) is 0 Å². The van der Waals surface area contributed by atoms with Gasteiger partial charge < -0.3 is 0 Å². The molecule has 0 unspecified atom stereocenters. The molecule has 3 rings (SSSR count). The number of nitrogens with zero attached hydrogens (tertiary/aromatic N) is 3. The Hall–Kier alpha value is -2.25. The van der Waals surface area contributed by atoms with Gasteiger partial charge in [-0.1, -0.05) is 42.5 Å². The van der Waals surface area contributed by atoms with Gasteiger partial charge in [-0.15, -0.1) is 0 Å². The molecule has 0 atom stereocenters. The molecule has 0 saturated carbocycles. The van der Waals surface area contributed by atoms with Crippen LogP contribution in [0.4, 0.5) is 0 Å². The number of para-hydroxylation sites is 2. The Morgan fingerprint density at radius 1 is 1.05 bits per heavy atom. The highest BCUT2D eigenvalue weighted by atomic mass is 32.2. The van der Waals surface area contributed by atoms with Gasteiger partial charge in [-0.25, -0.2) is 9.13 Å². The second-order valence-corrected chi connectivity index (χ2v) is 6.08. The summed E-state index contributed by atoms with van der Waals surface area (Å²) in [7, 11) is 0. The highest BCUT2D eigenvalue weighted by molar-refractivity contribution is 8.03. The molecule has 4 heteroatoms. The maximum absolute atomic E-state index is 8.61. The van der Waals surface area contributed by atoms with Gasteiger partial charge in [0.2, 0.25) is 6.33 Å². The van der Waals surface area contributed by atoms with Crippen LogP contribution in [0.2, 0.25) is 0 Å². The average Bonchev–Trinajstić information content (AvgIpc) is 2.91. The van der Waals surface area contributed by atoms with Gasteiger partial charge in [0, 0.05) is 5.75 Å². The van der Waals surface area contributed by atoms with Crippen LogP contribution in [0.1, 0.15) is 12.0 Å². The fourth-order valence-electron chi connectivity index (χ4n) is 2.68. The van der Waals surface area contributed by atoms with Crippen LogP contribution < -0.4 is 4.57 Å². The van der Waals surface area contributed by atoms with Gasteiger partial charge in [-0.05, 0) is 35.9 Å². The van der Waals surface area contributed by atoms with Crippen molar-refractivity contribution >= 4 is 22.8 Å². The fourth-order valence-corrected chi connectivity index (χ4v) is 3.04. The van der Waals surface area contributed by atoms with Crippen molar-refractivity contribution in [1.82, 2.24) is 4.57 Å². The molecule has 1 heterocycles. The minimum Gasteiger partial charge on any atom is -0.230 e. The van der Waals surface area contributed by atoms with E-state index < -0.39 is 0 Å². The third kappa shape index (κ3) is 3.32. The Balaban J connectivity index is 1.86. The number of aromatic nitrogens is 2. The van der Waals surface area contributed by atoms with Crippen molar-refractivity contribution in [3.8, 4) is 5.40 Å². The molecule has 2 aromatic carbocycles. The Labute approximate surface area is 134 Å². The standard InChI is InChI=1S/C18H18N3S/c19-14-22-12-6-11-20-15-21(13-16-7-2-1-3-8-16)18-10-5-4-9-17(18)20/h1-5,7-10,15H,6,11-13H2/q+1. The summed E-state index contributed by atoms with van der Waals surface area (Å²) in [5.41, 5.74) is 3.80. The van der Waals surface area contributed by atoms with E-state index in [2.05, 4.69) is 69.4 Å². The van der Waals surface area contributed by atoms with Gasteiger partial charge in [0.25, 0.3) is 0 Å². The van der Waals surface area contributed by atoms with Crippen LogP contribution in [0, 0.1) is 10.7 Å². The van der Waals surface area contributed by atoms with Crippen molar-refractivity contribution in [1.29, 1.82) is 5.26 Å². The molecule has 0 spiro atoms. The first-order chi connectivity index (χ1) is 10.9. The first-order valence-electron chi connectivity index (χ1n) is 7.40. The summed E-state index contributed by atoms with van der Waals surface area (Å²) in [5.74, 6) is 0.877. The maximum atomic E-state index is 8.61. The molecule has 0 N–H and O–H groups in total. The fraction of sp³-hybridized carbons (Fsp3) is 0.222. The number of benzene rings is 2. The van der Waals surface area contributed by atoms with Crippen LogP contribution in [0.25, 0.3) is 11.0 Å². The van der Waals surface area contributed by atoms with Crippen LogP contribution in [-0.2, 0) is 13.1 Å². The molecule has 0 aliphatic carbocycles. The topological polar surface area (TPSA) is 32.6 Å². The zero-order valence-electron chi connectivity index (χ0n) is 12.4. The lowest BCUT2D eigenvalue weighted by Gasteiger charge is -1.98. The largest absolute Gasteiger partial charge is 0.245 e. The number of nitriles is 1. The quantitative estimate of drug-likeness (QED) is 0.396. The van der Waals surface area contributed by atoms with Gasteiger partial charge in [0.15, 0.2) is 11.0 Å². The molecular formula is C18H18N3S+. The van der Waals surface area contributed by atoms with Crippen LogP contribution >= 0.6 is 11.8 Å². The highest BCUT2D eigenvalue weighted by Crippen LogP contribution is 2.13. The van der Waals surface area contributed by atoms with E-state index in [0.717, 1.165) is 25.3 Å². The smallest absolute Gasteiger partial charge is 0.230 e. The van der Waals surface area contributed by atoms with E-state index >= 15 is 0 Å². The van der Waals surface area contributed by atoms with Crippen LogP contribution in [0.5, 0.6) is 0 Å². The Morgan fingerprint density at radius 2 is 1.82 bits per heavy atom. The lowest BCUT2D eigenvalue weighted by Crippen LogP contribution is -2.32. The predicted molar refractivity (Wildman–Crippen MR) is 90.4 cm³/mol. The first kappa shape index (κ1) is 14.7. The minimum atomic E-state index is 0.876. The van der Waals surface area contributed by atoms with E-state index in [1.54, 1.807) is 0 Å². The Bertz CT molecular complexity index is 787. The van der Waals surface area contributed by atoms with Gasteiger partial charge in [-0.2, -0.15) is 5.26 Å². The summed E-state index contributed by atoms with van der Waals surface area (Å²) in [6, 6.07) is 19.0. The van der Waals surface area contributed by atoms with E-state index in [4.69, 9.17) is 5.26 Å². The number of hydrogen-bond acceptors (Lipinski definition) is 2. The molecular weight excluding hydrogens is 290 g/mol. The number of thioether (sulfide) groups is 1. The normalized spacial score (nSPS) is 10.7. The summed E-state index contributed by atoms with van der Waals surface area (Å²) >= 11 is 1.33. The second kappa shape index (κ2) is 7.15. The average molecular weight is 308 g/mol. The van der Waals surface area contributed by atoms with Gasteiger partial charge >= 0.3 is 0 Å². The Kier molecular flexibility index (Phi) is 4.77. The SMILES string of the molecule is N#CSCCCn1c[n+](Cc2ccccc2)c2ccccc21. The molecule has 0 radical (unpaired) electrons. The second-order valence-electron chi connectivity index (χ2n) is 5.20. The van der Waals surface area contributed by atoms with E-state index in [0.29, 0.717) is 0 Å². The number of rotatable bonds is 6. The lowest BCUT2D eigenvalue weighted by atomic mass is 10.2. The van der Waals surface area contributed by atoms with E-state index in [-0.39, 0.29) is 0 Å². The third-order valence-electron chi connectivity index (χ3n) is 3.69. The molecule has 0 saturated heterocycles. The third-order valence-corrected chi connectivity index (χ3v) is 4.31. The van der Waals surface area contributed by atoms with Crippen molar-refractivity contribution in [3.05, 3.63) is 66.5 Å². The zero-order valence-corrected chi connectivity index (χ0v) is 13.2. The zero-order chi connectivity index (χ0) is 15.2. The number of hydrogen-bond donors (Lipinski definition) is 0. The van der Waals surface area contributed by atoms with Gasteiger partial charge in [0.05, 0.1) is 6.54 Å². The Morgan fingerprint density at radius 3 is 2.64 bits per heavy atom. The summed E-state index contributed by atoms with van der Waals surface area (Å²) in [5, 5.41) is 10.7. The number of thiocyanates is 1. The summed E-state index contributed by atoms with van der Waals surface area (Å²) < 4.78 is 4.58. The van der Waals surface area contributed by atoms with Crippen molar-refractivity contribution < 1.29 is 4.57 Å². The maximum Gasteiger partial charge on any atom is 0.245 e. The molecule has 22 heavy (non-hydrogen) atoms. The van der Waals surface area contributed by atoms with Gasteiger partial charge in [0.1, 0.15) is 11.9 Å². The number of fused-ring (bicyclic) bond motifs is 1. The molecule has 0 aliphatic rings. The van der Waals surface area contributed by atoms with Crippen LogP contribution in [-0.4, -0.2) is 10.3 Å². The van der Waals surface area contributed by atoms with E-state index in [1.165, 1.54) is 28.4 Å². The van der Waals surface area contributed by atoms with Crippen LogP contribution in [0.3, 0.4) is 0 Å². The first-order valence-corrected chi connectivity index (χ1v) is 8.39. The lowest BCUT2D eigenvalue weighted by molar-refractivity contribution is -0.663. The summed E-state index contributed by atoms with van der Waals surface area (Å²) in [4.78, 5) is 0. The van der Waals surface area contributed by atoms with Crippen molar-refractivity contribution in [2.45, 2.75) is 19.5 Å². The number of aryl methyl sites for hydroxylation is 1. The van der Waals surface area contributed by atoms with Crippen molar-refractivity contribution in [2.24, 2.45) is 0 Å². The molecule has 0 bridgehead atoms. The molecule has 0 aliphatic heterocycles. The molecule has 3 nitrogen and oxygen atoms in total. The minimum absolute atomic E-state index is 0.876. The van der Waals surface area contributed by atoms with Gasteiger partial charge in [-0.3, -0.25) is 0 Å². The predicted octanol–water partition coefficient (Wildman–Crippen LogP) is 3.58. The molecule has 0 fully saturated rings. The van der Waals surface area contributed by atoms with Crippen molar-refractivity contribution in [3.63, 3.8) is 0 Å². The van der Waals surface area contributed by atoms with Crippen LogP contribution in [0.15, 0.2) is 60.9 Å². The highest BCUT2D eigenvalue weighted by Gasteiger charge is 2.14. The summed E-state index contributed by atoms with van der Waals surface area (Å²) in [6.45, 7) is 1.82.